The molecule has 1 aromatic rings. The number of rotatable bonds is 3. The van der Waals surface area contributed by atoms with Crippen molar-refractivity contribution in [2.45, 2.75) is 43.9 Å². The second-order valence-corrected chi connectivity index (χ2v) is 5.57. The van der Waals surface area contributed by atoms with Gasteiger partial charge in [0.2, 0.25) is 0 Å². The molecule has 1 aromatic heterocycles. The van der Waals surface area contributed by atoms with Crippen molar-refractivity contribution in [1.29, 1.82) is 0 Å². The first-order valence-corrected chi connectivity index (χ1v) is 7.27. The van der Waals surface area contributed by atoms with Crippen LogP contribution < -0.4 is 5.32 Å². The van der Waals surface area contributed by atoms with E-state index in [4.69, 9.17) is 9.47 Å². The fourth-order valence-corrected chi connectivity index (χ4v) is 3.04. The maximum Gasteiger partial charge on any atom is 0.101 e. The van der Waals surface area contributed by atoms with Crippen LogP contribution in [-0.2, 0) is 16.5 Å². The van der Waals surface area contributed by atoms with E-state index in [0.717, 1.165) is 39.1 Å². The molecule has 0 bridgehead atoms. The zero-order valence-corrected chi connectivity index (χ0v) is 11.5. The van der Waals surface area contributed by atoms with E-state index in [2.05, 4.69) is 16.6 Å². The third-order valence-electron chi connectivity index (χ3n) is 3.99. The highest BCUT2D eigenvalue weighted by Gasteiger charge is 2.30. The van der Waals surface area contributed by atoms with Crippen LogP contribution in [0.25, 0.3) is 0 Å². The second kappa shape index (κ2) is 6.03. The lowest BCUT2D eigenvalue weighted by atomic mass is 9.96. The molecule has 2 fully saturated rings. The molecule has 0 radical (unpaired) electrons. The van der Waals surface area contributed by atoms with Crippen LogP contribution in [0.2, 0.25) is 0 Å². The normalized spacial score (nSPS) is 32.4. The van der Waals surface area contributed by atoms with Gasteiger partial charge in [-0.3, -0.25) is 4.68 Å². The number of nitrogens with zero attached hydrogens (tertiary/aromatic N) is 2. The fourth-order valence-electron chi connectivity index (χ4n) is 3.04. The average Bonchev–Trinajstić information content (AvgIpc) is 2.87. The molecule has 0 spiro atoms. The van der Waals surface area contributed by atoms with Crippen LogP contribution in [0.15, 0.2) is 12.4 Å². The summed E-state index contributed by atoms with van der Waals surface area (Å²) in [6, 6.07) is 0.851. The molecule has 3 heterocycles. The molecule has 2 saturated heterocycles. The molecule has 2 aliphatic rings. The topological polar surface area (TPSA) is 48.3 Å². The van der Waals surface area contributed by atoms with Crippen molar-refractivity contribution in [2.75, 3.05) is 19.8 Å². The molecule has 0 amide bonds. The smallest absolute Gasteiger partial charge is 0.101 e. The Hall–Kier alpha value is -0.910. The first-order valence-electron chi connectivity index (χ1n) is 7.27. The fraction of sp³-hybridized carbons (Fsp3) is 0.786. The first-order chi connectivity index (χ1) is 9.33. The first kappa shape index (κ1) is 13.1. The molecule has 106 valence electrons. The summed E-state index contributed by atoms with van der Waals surface area (Å²) in [5, 5.41) is 7.99. The summed E-state index contributed by atoms with van der Waals surface area (Å²) in [4.78, 5) is 0. The molecule has 5 nitrogen and oxygen atoms in total. The lowest BCUT2D eigenvalue weighted by molar-refractivity contribution is -0.0228. The average molecular weight is 265 g/mol. The third-order valence-corrected chi connectivity index (χ3v) is 3.99. The number of nitrogens with one attached hydrogen (secondary N) is 1. The van der Waals surface area contributed by atoms with E-state index in [0.29, 0.717) is 12.1 Å². The van der Waals surface area contributed by atoms with Gasteiger partial charge in [0.15, 0.2) is 0 Å². The lowest BCUT2D eigenvalue weighted by Gasteiger charge is -2.36. The van der Waals surface area contributed by atoms with Gasteiger partial charge in [0, 0.05) is 44.1 Å². The van der Waals surface area contributed by atoms with Gasteiger partial charge >= 0.3 is 0 Å². The van der Waals surface area contributed by atoms with E-state index in [-0.39, 0.29) is 6.10 Å². The van der Waals surface area contributed by atoms with Gasteiger partial charge in [-0.05, 0) is 25.7 Å². The molecule has 5 heteroatoms. The number of hydrogen-bond donors (Lipinski definition) is 1. The Morgan fingerprint density at radius 2 is 2.21 bits per heavy atom. The predicted octanol–water partition coefficient (Wildman–Crippen LogP) is 1.41. The van der Waals surface area contributed by atoms with Crippen molar-refractivity contribution in [3.63, 3.8) is 0 Å². The molecule has 0 aromatic carbocycles. The molecule has 2 aliphatic heterocycles. The van der Waals surface area contributed by atoms with Gasteiger partial charge in [-0.25, -0.2) is 0 Å². The molecule has 1 N–H and O–H groups in total. The zero-order valence-electron chi connectivity index (χ0n) is 11.5. The highest BCUT2D eigenvalue weighted by Crippen LogP contribution is 2.28. The molecule has 0 unspecified atom stereocenters. The maximum absolute atomic E-state index is 5.97. The molecule has 0 aliphatic carbocycles. The quantitative estimate of drug-likeness (QED) is 0.897. The summed E-state index contributed by atoms with van der Waals surface area (Å²) in [6.45, 7) is 2.58. The van der Waals surface area contributed by atoms with Gasteiger partial charge in [0.25, 0.3) is 0 Å². The summed E-state index contributed by atoms with van der Waals surface area (Å²) in [7, 11) is 1.95. The van der Waals surface area contributed by atoms with Crippen molar-refractivity contribution in [1.82, 2.24) is 15.1 Å². The van der Waals surface area contributed by atoms with Gasteiger partial charge in [0.05, 0.1) is 12.8 Å². The maximum atomic E-state index is 5.97. The molecule has 3 atom stereocenters. The third kappa shape index (κ3) is 3.16. The number of aromatic nitrogens is 2. The van der Waals surface area contributed by atoms with Crippen LogP contribution in [0.1, 0.15) is 37.4 Å². The van der Waals surface area contributed by atoms with Crippen molar-refractivity contribution in [2.24, 2.45) is 7.05 Å². The standard InChI is InChI=1S/C14H23N3O2/c1-17-9-11(8-15-17)14-13(5-3-7-19-14)16-12-4-2-6-18-10-12/h8-9,12-14,16H,2-7,10H2,1H3/t12-,13+,14-/m1/s1. The largest absolute Gasteiger partial charge is 0.380 e. The monoisotopic (exact) mass is 265 g/mol. The highest BCUT2D eigenvalue weighted by atomic mass is 16.5. The predicted molar refractivity (Wildman–Crippen MR) is 71.9 cm³/mol. The van der Waals surface area contributed by atoms with Crippen LogP contribution >= 0.6 is 0 Å². The minimum atomic E-state index is 0.129. The second-order valence-electron chi connectivity index (χ2n) is 5.57. The van der Waals surface area contributed by atoms with Crippen molar-refractivity contribution < 1.29 is 9.47 Å². The summed E-state index contributed by atoms with van der Waals surface area (Å²) in [5.74, 6) is 0. The molecular weight excluding hydrogens is 242 g/mol. The van der Waals surface area contributed by atoms with Gasteiger partial charge < -0.3 is 14.8 Å². The van der Waals surface area contributed by atoms with Crippen LogP contribution in [0, 0.1) is 0 Å². The number of ether oxygens (including phenoxy) is 2. The van der Waals surface area contributed by atoms with E-state index in [1.807, 2.05) is 17.9 Å². The van der Waals surface area contributed by atoms with Crippen molar-refractivity contribution >= 4 is 0 Å². The molecule has 19 heavy (non-hydrogen) atoms. The van der Waals surface area contributed by atoms with Crippen LogP contribution in [-0.4, -0.2) is 41.7 Å². The Kier molecular flexibility index (Phi) is 4.15. The number of hydrogen-bond acceptors (Lipinski definition) is 4. The Morgan fingerprint density at radius 3 is 2.95 bits per heavy atom. The van der Waals surface area contributed by atoms with Gasteiger partial charge in [-0.2, -0.15) is 5.10 Å². The number of aryl methyl sites for hydroxylation is 1. The summed E-state index contributed by atoms with van der Waals surface area (Å²) >= 11 is 0. The van der Waals surface area contributed by atoms with Crippen LogP contribution in [0.5, 0.6) is 0 Å². The van der Waals surface area contributed by atoms with Crippen LogP contribution in [0.4, 0.5) is 0 Å². The Bertz CT molecular complexity index is 401. The summed E-state index contributed by atoms with van der Waals surface area (Å²) < 4.78 is 13.4. The van der Waals surface area contributed by atoms with Crippen molar-refractivity contribution in [3.8, 4) is 0 Å². The lowest BCUT2D eigenvalue weighted by Crippen LogP contribution is -2.47. The zero-order chi connectivity index (χ0) is 13.1. The molecule has 0 saturated carbocycles. The summed E-state index contributed by atoms with van der Waals surface area (Å²) in [5.41, 5.74) is 1.18. The SMILES string of the molecule is Cn1cc([C@H]2OCCC[C@@H]2N[C@@H]2CCCOC2)cn1. The molecular formula is C14H23N3O2. The van der Waals surface area contributed by atoms with Gasteiger partial charge in [0.1, 0.15) is 6.10 Å². The van der Waals surface area contributed by atoms with E-state index in [1.165, 1.54) is 12.0 Å². The summed E-state index contributed by atoms with van der Waals surface area (Å²) in [6.07, 6.45) is 8.76. The van der Waals surface area contributed by atoms with E-state index >= 15 is 0 Å². The van der Waals surface area contributed by atoms with E-state index in [9.17, 15) is 0 Å². The Balaban J connectivity index is 1.66. The van der Waals surface area contributed by atoms with Crippen LogP contribution in [0.3, 0.4) is 0 Å². The Morgan fingerprint density at radius 1 is 1.32 bits per heavy atom. The van der Waals surface area contributed by atoms with Crippen molar-refractivity contribution in [3.05, 3.63) is 18.0 Å². The van der Waals surface area contributed by atoms with E-state index in [1.54, 1.807) is 0 Å². The van der Waals surface area contributed by atoms with Gasteiger partial charge in [-0.15, -0.1) is 0 Å². The minimum absolute atomic E-state index is 0.129. The van der Waals surface area contributed by atoms with Gasteiger partial charge in [-0.1, -0.05) is 0 Å². The Labute approximate surface area is 114 Å². The molecule has 3 rings (SSSR count). The minimum Gasteiger partial charge on any atom is -0.380 e. The highest BCUT2D eigenvalue weighted by molar-refractivity contribution is 5.12. The van der Waals surface area contributed by atoms with E-state index < -0.39 is 0 Å².